The van der Waals surface area contributed by atoms with Crippen LogP contribution in [0.3, 0.4) is 0 Å². The molecular weight excluding hydrogens is 222 g/mol. The van der Waals surface area contributed by atoms with E-state index in [1.54, 1.807) is 7.11 Å². The lowest BCUT2D eigenvalue weighted by atomic mass is 9.93. The van der Waals surface area contributed by atoms with Gasteiger partial charge < -0.3 is 9.64 Å². The molecule has 0 aliphatic carbocycles. The van der Waals surface area contributed by atoms with Gasteiger partial charge in [0.15, 0.2) is 0 Å². The van der Waals surface area contributed by atoms with Crippen LogP contribution >= 0.6 is 0 Å². The number of hydrogen-bond acceptors (Lipinski definition) is 2. The normalized spacial score (nSPS) is 22.4. The molecule has 1 aromatic carbocycles. The first kappa shape index (κ1) is 11.4. The Morgan fingerprint density at radius 2 is 2.28 bits per heavy atom. The minimum Gasteiger partial charge on any atom is -0.497 e. The molecule has 0 unspecified atom stereocenters. The maximum atomic E-state index is 5.30. The highest BCUT2D eigenvalue weighted by atomic mass is 16.5. The Bertz CT molecular complexity index is 490. The third-order valence-electron chi connectivity index (χ3n) is 3.81. The lowest BCUT2D eigenvalue weighted by Crippen LogP contribution is -2.35. The van der Waals surface area contributed by atoms with Crippen LogP contribution in [0.5, 0.6) is 5.75 Å². The van der Waals surface area contributed by atoms with Crippen LogP contribution in [-0.2, 0) is 0 Å². The molecule has 0 spiro atoms. The van der Waals surface area contributed by atoms with E-state index < -0.39 is 0 Å². The fourth-order valence-corrected chi connectivity index (χ4v) is 2.79. The summed E-state index contributed by atoms with van der Waals surface area (Å²) in [4.78, 5) is 2.47. The maximum Gasteiger partial charge on any atom is 0.119 e. The zero-order valence-electron chi connectivity index (χ0n) is 10.8. The molecule has 0 bridgehead atoms. The fraction of sp³-hybridized carbons (Fsp3) is 0.375. The van der Waals surface area contributed by atoms with Crippen molar-refractivity contribution in [3.05, 3.63) is 48.2 Å². The van der Waals surface area contributed by atoms with Gasteiger partial charge in [-0.1, -0.05) is 24.3 Å². The molecule has 1 atom stereocenters. The van der Waals surface area contributed by atoms with E-state index >= 15 is 0 Å². The Morgan fingerprint density at radius 3 is 3.17 bits per heavy atom. The first-order chi connectivity index (χ1) is 8.86. The molecule has 0 amide bonds. The standard InChI is InChI=1S/C16H19NO/c1-18-16-7-4-5-13(11-16)14-8-9-15-6-2-3-10-17(15)12-14/h2,4-7,11-12,15H,3,8-10H2,1H3/t15-/m0/s1. The summed E-state index contributed by atoms with van der Waals surface area (Å²) in [6.07, 6.45) is 10.5. The zero-order valence-corrected chi connectivity index (χ0v) is 10.8. The number of hydrogen-bond donors (Lipinski definition) is 0. The molecule has 3 rings (SSSR count). The minimum absolute atomic E-state index is 0.619. The highest BCUT2D eigenvalue weighted by Gasteiger charge is 2.21. The summed E-state index contributed by atoms with van der Waals surface area (Å²) in [5.41, 5.74) is 2.72. The first-order valence-electron chi connectivity index (χ1n) is 6.64. The van der Waals surface area contributed by atoms with E-state index in [0.29, 0.717) is 6.04 Å². The highest BCUT2D eigenvalue weighted by Crippen LogP contribution is 2.31. The Morgan fingerprint density at radius 1 is 1.33 bits per heavy atom. The predicted molar refractivity (Wildman–Crippen MR) is 74.5 cm³/mol. The number of rotatable bonds is 2. The fourth-order valence-electron chi connectivity index (χ4n) is 2.79. The van der Waals surface area contributed by atoms with Gasteiger partial charge in [-0.25, -0.2) is 0 Å². The van der Waals surface area contributed by atoms with Crippen LogP contribution in [0, 0.1) is 0 Å². The summed E-state index contributed by atoms with van der Waals surface area (Å²) in [5.74, 6) is 0.939. The Hall–Kier alpha value is -1.70. The smallest absolute Gasteiger partial charge is 0.119 e. The van der Waals surface area contributed by atoms with Crippen LogP contribution in [0.15, 0.2) is 42.6 Å². The van der Waals surface area contributed by atoms with Gasteiger partial charge in [0, 0.05) is 18.8 Å². The van der Waals surface area contributed by atoms with Gasteiger partial charge in [0.25, 0.3) is 0 Å². The number of benzene rings is 1. The second-order valence-corrected chi connectivity index (χ2v) is 4.95. The topological polar surface area (TPSA) is 12.5 Å². The van der Waals surface area contributed by atoms with E-state index in [1.807, 2.05) is 6.07 Å². The van der Waals surface area contributed by atoms with E-state index in [0.717, 1.165) is 18.7 Å². The molecule has 0 saturated heterocycles. The van der Waals surface area contributed by atoms with Crippen molar-refractivity contribution in [2.24, 2.45) is 0 Å². The number of allylic oxidation sites excluding steroid dienone is 1. The number of ether oxygens (including phenoxy) is 1. The van der Waals surface area contributed by atoms with Gasteiger partial charge in [-0.05, 0) is 42.5 Å². The Kier molecular flexibility index (Phi) is 3.09. The van der Waals surface area contributed by atoms with Crippen LogP contribution < -0.4 is 4.74 Å². The lowest BCUT2D eigenvalue weighted by molar-refractivity contribution is 0.289. The van der Waals surface area contributed by atoms with Crippen molar-refractivity contribution in [3.63, 3.8) is 0 Å². The molecular formula is C16H19NO. The third-order valence-corrected chi connectivity index (χ3v) is 3.81. The summed E-state index contributed by atoms with van der Waals surface area (Å²) < 4.78 is 5.30. The van der Waals surface area contributed by atoms with Crippen LogP contribution in [-0.4, -0.2) is 24.6 Å². The molecule has 0 saturated carbocycles. The molecule has 2 aliphatic heterocycles. The van der Waals surface area contributed by atoms with Gasteiger partial charge in [-0.15, -0.1) is 0 Å². The van der Waals surface area contributed by atoms with Crippen molar-refractivity contribution in [3.8, 4) is 5.75 Å². The van der Waals surface area contributed by atoms with Crippen molar-refractivity contribution in [1.29, 1.82) is 0 Å². The van der Waals surface area contributed by atoms with Crippen LogP contribution in [0.1, 0.15) is 24.8 Å². The second-order valence-electron chi connectivity index (χ2n) is 4.95. The van der Waals surface area contributed by atoms with Gasteiger partial charge in [0.05, 0.1) is 7.11 Å². The van der Waals surface area contributed by atoms with Crippen molar-refractivity contribution >= 4 is 5.57 Å². The van der Waals surface area contributed by atoms with E-state index in [-0.39, 0.29) is 0 Å². The lowest BCUT2D eigenvalue weighted by Gasteiger charge is -2.36. The van der Waals surface area contributed by atoms with Gasteiger partial charge >= 0.3 is 0 Å². The van der Waals surface area contributed by atoms with Gasteiger partial charge in [0.1, 0.15) is 5.75 Å². The summed E-state index contributed by atoms with van der Waals surface area (Å²) in [6, 6.07) is 8.99. The van der Waals surface area contributed by atoms with E-state index in [1.165, 1.54) is 24.0 Å². The van der Waals surface area contributed by atoms with Gasteiger partial charge in [0.2, 0.25) is 0 Å². The van der Waals surface area contributed by atoms with Crippen molar-refractivity contribution in [2.45, 2.75) is 25.3 Å². The molecule has 2 heteroatoms. The Balaban J connectivity index is 1.88. The van der Waals surface area contributed by atoms with Crippen molar-refractivity contribution in [1.82, 2.24) is 4.90 Å². The number of fused-ring (bicyclic) bond motifs is 1. The molecule has 18 heavy (non-hydrogen) atoms. The molecule has 0 aromatic heterocycles. The quantitative estimate of drug-likeness (QED) is 0.735. The zero-order chi connectivity index (χ0) is 12.4. The molecule has 1 aromatic rings. The average Bonchev–Trinajstić information content (AvgIpc) is 2.47. The first-order valence-corrected chi connectivity index (χ1v) is 6.64. The highest BCUT2D eigenvalue weighted by molar-refractivity contribution is 5.67. The Labute approximate surface area is 109 Å². The number of methoxy groups -OCH3 is 1. The van der Waals surface area contributed by atoms with Crippen LogP contribution in [0.4, 0.5) is 0 Å². The molecule has 2 aliphatic rings. The largest absolute Gasteiger partial charge is 0.497 e. The van der Waals surface area contributed by atoms with Crippen LogP contribution in [0.2, 0.25) is 0 Å². The summed E-state index contributed by atoms with van der Waals surface area (Å²) in [5, 5.41) is 0. The molecule has 0 fully saturated rings. The third kappa shape index (κ3) is 2.15. The monoisotopic (exact) mass is 241 g/mol. The molecule has 2 heterocycles. The van der Waals surface area contributed by atoms with Gasteiger partial charge in [-0.2, -0.15) is 0 Å². The summed E-state index contributed by atoms with van der Waals surface area (Å²) >= 11 is 0. The van der Waals surface area contributed by atoms with Gasteiger partial charge in [-0.3, -0.25) is 0 Å². The molecule has 2 nitrogen and oxygen atoms in total. The minimum atomic E-state index is 0.619. The summed E-state index contributed by atoms with van der Waals surface area (Å²) in [7, 11) is 1.72. The maximum absolute atomic E-state index is 5.30. The predicted octanol–water partition coefficient (Wildman–Crippen LogP) is 3.46. The number of nitrogens with zero attached hydrogens (tertiary/aromatic N) is 1. The molecule has 0 radical (unpaired) electrons. The second kappa shape index (κ2) is 4.89. The summed E-state index contributed by atoms with van der Waals surface area (Å²) in [6.45, 7) is 1.15. The molecule has 0 N–H and O–H groups in total. The van der Waals surface area contributed by atoms with Crippen LogP contribution in [0.25, 0.3) is 5.57 Å². The van der Waals surface area contributed by atoms with E-state index in [2.05, 4.69) is 41.5 Å². The van der Waals surface area contributed by atoms with E-state index in [9.17, 15) is 0 Å². The van der Waals surface area contributed by atoms with E-state index in [4.69, 9.17) is 4.74 Å². The average molecular weight is 241 g/mol. The SMILES string of the molecule is COc1cccc(C2=CN3CCC=C[C@H]3CC2)c1. The molecule has 94 valence electrons. The van der Waals surface area contributed by atoms with Crippen molar-refractivity contribution < 1.29 is 4.74 Å². The van der Waals surface area contributed by atoms with Crippen molar-refractivity contribution in [2.75, 3.05) is 13.7 Å².